The van der Waals surface area contributed by atoms with Crippen LogP contribution in [0.4, 0.5) is 5.69 Å². The average molecular weight is 512 g/mol. The molecule has 3 aromatic rings. The second-order valence-corrected chi connectivity index (χ2v) is 9.98. The van der Waals surface area contributed by atoms with E-state index in [2.05, 4.69) is 27.4 Å². The molecule has 0 aliphatic rings. The molecular weight excluding hydrogens is 482 g/mol. The highest BCUT2D eigenvalue weighted by atomic mass is 35.5. The highest BCUT2D eigenvalue weighted by molar-refractivity contribution is 7.99. The lowest BCUT2D eigenvalue weighted by Gasteiger charge is -2.22. The standard InChI is InChI=1S/C26H30ClN5O2S/c1-6-13-32-24(23(16(2)3)29-25(34)19-9-7-17(4)8-10-19)30-31-26(32)35-15-22(33)28-21-12-11-20(27)14-18(21)5/h6-12,14,16,23H,1,13,15H2,2-5H3,(H,28,33)(H,29,34)/t23-/m1/s1. The molecule has 0 spiro atoms. The zero-order valence-electron chi connectivity index (χ0n) is 20.3. The summed E-state index contributed by atoms with van der Waals surface area (Å²) in [7, 11) is 0. The Labute approximate surface area is 215 Å². The second kappa shape index (κ2) is 12.0. The van der Waals surface area contributed by atoms with E-state index in [9.17, 15) is 9.59 Å². The Morgan fingerprint density at radius 3 is 2.49 bits per heavy atom. The van der Waals surface area contributed by atoms with Crippen LogP contribution in [0, 0.1) is 19.8 Å². The number of thioether (sulfide) groups is 1. The largest absolute Gasteiger partial charge is 0.342 e. The molecule has 0 saturated heterocycles. The number of carbonyl (C=O) groups is 2. The fourth-order valence-corrected chi connectivity index (χ4v) is 4.46. The minimum Gasteiger partial charge on any atom is -0.342 e. The summed E-state index contributed by atoms with van der Waals surface area (Å²) in [5.74, 6) is 0.495. The first-order valence-electron chi connectivity index (χ1n) is 11.3. The molecule has 9 heteroatoms. The molecule has 7 nitrogen and oxygen atoms in total. The molecule has 184 valence electrons. The summed E-state index contributed by atoms with van der Waals surface area (Å²) in [5.41, 5.74) is 3.27. The lowest BCUT2D eigenvalue weighted by Crippen LogP contribution is -2.33. The van der Waals surface area contributed by atoms with Gasteiger partial charge in [-0.2, -0.15) is 0 Å². The van der Waals surface area contributed by atoms with Gasteiger partial charge >= 0.3 is 0 Å². The summed E-state index contributed by atoms with van der Waals surface area (Å²) in [4.78, 5) is 25.5. The number of nitrogens with zero attached hydrogens (tertiary/aromatic N) is 3. The Morgan fingerprint density at radius 2 is 1.86 bits per heavy atom. The molecule has 0 fully saturated rings. The Hall–Kier alpha value is -3.10. The molecule has 0 saturated carbocycles. The number of aromatic nitrogens is 3. The first kappa shape index (κ1) is 26.5. The number of allylic oxidation sites excluding steroid dienone is 1. The van der Waals surface area contributed by atoms with E-state index in [0.717, 1.165) is 11.1 Å². The van der Waals surface area contributed by atoms with Gasteiger partial charge in [0.15, 0.2) is 11.0 Å². The molecule has 0 radical (unpaired) electrons. The Bertz CT molecular complexity index is 1210. The third-order valence-electron chi connectivity index (χ3n) is 5.40. The average Bonchev–Trinajstić information content (AvgIpc) is 3.20. The third kappa shape index (κ3) is 6.96. The number of hydrogen-bond donors (Lipinski definition) is 2. The van der Waals surface area contributed by atoms with Crippen LogP contribution in [0.2, 0.25) is 5.02 Å². The first-order chi connectivity index (χ1) is 16.7. The number of nitrogens with one attached hydrogen (secondary N) is 2. The van der Waals surface area contributed by atoms with Crippen LogP contribution in [0.1, 0.15) is 47.2 Å². The van der Waals surface area contributed by atoms with Crippen LogP contribution in [-0.4, -0.2) is 32.3 Å². The van der Waals surface area contributed by atoms with Crippen molar-refractivity contribution in [2.75, 3.05) is 11.1 Å². The van der Waals surface area contributed by atoms with Gasteiger partial charge in [-0.05, 0) is 55.7 Å². The SMILES string of the molecule is C=CCn1c(SCC(=O)Nc2ccc(Cl)cc2C)nnc1[C@H](NC(=O)c1ccc(C)cc1)C(C)C. The predicted octanol–water partition coefficient (Wildman–Crippen LogP) is 5.59. The summed E-state index contributed by atoms with van der Waals surface area (Å²) in [6, 6.07) is 12.4. The molecule has 3 rings (SSSR count). The molecule has 2 N–H and O–H groups in total. The Morgan fingerprint density at radius 1 is 1.14 bits per heavy atom. The van der Waals surface area contributed by atoms with Crippen LogP contribution in [0.5, 0.6) is 0 Å². The van der Waals surface area contributed by atoms with E-state index in [4.69, 9.17) is 11.6 Å². The van der Waals surface area contributed by atoms with Crippen LogP contribution >= 0.6 is 23.4 Å². The van der Waals surface area contributed by atoms with E-state index < -0.39 is 0 Å². The Balaban J connectivity index is 1.75. The van der Waals surface area contributed by atoms with E-state index >= 15 is 0 Å². The van der Waals surface area contributed by atoms with Gasteiger partial charge in [0.2, 0.25) is 5.91 Å². The fourth-order valence-electron chi connectivity index (χ4n) is 3.48. The summed E-state index contributed by atoms with van der Waals surface area (Å²) >= 11 is 7.28. The van der Waals surface area contributed by atoms with Crippen molar-refractivity contribution < 1.29 is 9.59 Å². The number of anilines is 1. The maximum absolute atomic E-state index is 12.9. The number of benzene rings is 2. The number of hydrogen-bond acceptors (Lipinski definition) is 5. The van der Waals surface area contributed by atoms with Crippen molar-refractivity contribution in [2.45, 2.75) is 45.4 Å². The molecule has 1 aromatic heterocycles. The molecule has 1 atom stereocenters. The van der Waals surface area contributed by atoms with Gasteiger partial charge in [0.25, 0.3) is 5.91 Å². The highest BCUT2D eigenvalue weighted by Crippen LogP contribution is 2.26. The van der Waals surface area contributed by atoms with Crippen LogP contribution < -0.4 is 10.6 Å². The van der Waals surface area contributed by atoms with E-state index in [-0.39, 0.29) is 29.5 Å². The topological polar surface area (TPSA) is 88.9 Å². The summed E-state index contributed by atoms with van der Waals surface area (Å²) in [6.45, 7) is 12.2. The number of carbonyl (C=O) groups excluding carboxylic acids is 2. The van der Waals surface area contributed by atoms with Crippen LogP contribution in [-0.2, 0) is 11.3 Å². The van der Waals surface area contributed by atoms with E-state index in [1.807, 2.05) is 44.4 Å². The van der Waals surface area contributed by atoms with Crippen LogP contribution in [0.15, 0.2) is 60.3 Å². The summed E-state index contributed by atoms with van der Waals surface area (Å²) in [5, 5.41) is 15.9. The van der Waals surface area contributed by atoms with Gasteiger partial charge in [0.05, 0.1) is 11.8 Å². The number of amides is 2. The molecule has 0 unspecified atom stereocenters. The van der Waals surface area contributed by atoms with Gasteiger partial charge in [-0.1, -0.05) is 61.0 Å². The van der Waals surface area contributed by atoms with E-state index in [1.54, 1.807) is 36.4 Å². The van der Waals surface area contributed by atoms with Crippen molar-refractivity contribution >= 4 is 40.9 Å². The molecule has 0 aliphatic carbocycles. The normalized spacial score (nSPS) is 11.8. The van der Waals surface area contributed by atoms with Gasteiger partial charge in [-0.15, -0.1) is 16.8 Å². The summed E-state index contributed by atoms with van der Waals surface area (Å²) < 4.78 is 1.89. The predicted molar refractivity (Wildman–Crippen MR) is 142 cm³/mol. The van der Waals surface area contributed by atoms with Crippen molar-refractivity contribution in [2.24, 2.45) is 5.92 Å². The molecule has 2 aromatic carbocycles. The van der Waals surface area contributed by atoms with Crippen molar-refractivity contribution in [3.8, 4) is 0 Å². The second-order valence-electron chi connectivity index (χ2n) is 8.60. The number of aryl methyl sites for hydroxylation is 2. The highest BCUT2D eigenvalue weighted by Gasteiger charge is 2.26. The maximum atomic E-state index is 12.9. The zero-order valence-corrected chi connectivity index (χ0v) is 21.9. The molecule has 0 aliphatic heterocycles. The molecular formula is C26H30ClN5O2S. The number of halogens is 1. The number of rotatable bonds is 10. The molecule has 35 heavy (non-hydrogen) atoms. The van der Waals surface area contributed by atoms with Gasteiger partial charge in [-0.3, -0.25) is 9.59 Å². The lowest BCUT2D eigenvalue weighted by atomic mass is 10.0. The third-order valence-corrected chi connectivity index (χ3v) is 6.60. The lowest BCUT2D eigenvalue weighted by molar-refractivity contribution is -0.113. The monoisotopic (exact) mass is 511 g/mol. The first-order valence-corrected chi connectivity index (χ1v) is 12.7. The van der Waals surface area contributed by atoms with Gasteiger partial charge in [0, 0.05) is 22.8 Å². The molecule has 2 amide bonds. The van der Waals surface area contributed by atoms with E-state index in [0.29, 0.717) is 33.8 Å². The minimum absolute atomic E-state index is 0.0613. The van der Waals surface area contributed by atoms with Crippen molar-refractivity contribution in [1.29, 1.82) is 0 Å². The zero-order chi connectivity index (χ0) is 25.5. The molecule has 1 heterocycles. The van der Waals surface area contributed by atoms with Crippen molar-refractivity contribution in [3.05, 3.63) is 82.7 Å². The van der Waals surface area contributed by atoms with Crippen LogP contribution in [0.3, 0.4) is 0 Å². The van der Waals surface area contributed by atoms with Crippen molar-refractivity contribution in [3.63, 3.8) is 0 Å². The van der Waals surface area contributed by atoms with Gasteiger partial charge < -0.3 is 15.2 Å². The maximum Gasteiger partial charge on any atom is 0.251 e. The molecule has 0 bridgehead atoms. The van der Waals surface area contributed by atoms with Gasteiger partial charge in [0.1, 0.15) is 0 Å². The van der Waals surface area contributed by atoms with Crippen molar-refractivity contribution in [1.82, 2.24) is 20.1 Å². The van der Waals surface area contributed by atoms with E-state index in [1.165, 1.54) is 11.8 Å². The smallest absolute Gasteiger partial charge is 0.251 e. The fraction of sp³-hybridized carbons (Fsp3) is 0.308. The van der Waals surface area contributed by atoms with Gasteiger partial charge in [-0.25, -0.2) is 0 Å². The van der Waals surface area contributed by atoms with Crippen LogP contribution in [0.25, 0.3) is 0 Å². The Kier molecular flexibility index (Phi) is 9.12. The quantitative estimate of drug-likeness (QED) is 0.273. The summed E-state index contributed by atoms with van der Waals surface area (Å²) in [6.07, 6.45) is 1.74. The minimum atomic E-state index is -0.365.